The number of nitrogens with zero attached hydrogens (tertiary/aromatic N) is 2. The van der Waals surface area contributed by atoms with Gasteiger partial charge in [0.2, 0.25) is 5.91 Å². The van der Waals surface area contributed by atoms with Gasteiger partial charge in [0.1, 0.15) is 11.9 Å². The highest BCUT2D eigenvalue weighted by molar-refractivity contribution is 5.77. The van der Waals surface area contributed by atoms with Gasteiger partial charge in [-0.1, -0.05) is 36.4 Å². The lowest BCUT2D eigenvalue weighted by molar-refractivity contribution is -0.121. The van der Waals surface area contributed by atoms with Crippen LogP contribution in [0.4, 0.5) is 0 Å². The number of ether oxygens (including phenoxy) is 2. The summed E-state index contributed by atoms with van der Waals surface area (Å²) in [7, 11) is 5.10. The van der Waals surface area contributed by atoms with Crippen LogP contribution in [0.25, 0.3) is 0 Å². The highest BCUT2D eigenvalue weighted by atomic mass is 16.5. The molecule has 0 saturated carbocycles. The van der Waals surface area contributed by atoms with E-state index >= 15 is 0 Å². The molecule has 6 heteroatoms. The summed E-state index contributed by atoms with van der Waals surface area (Å²) in [6.45, 7) is 0. The number of aromatic nitrogens is 2. The zero-order valence-corrected chi connectivity index (χ0v) is 16.4. The Morgan fingerprint density at radius 1 is 1.11 bits per heavy atom. The average Bonchev–Trinajstić information content (AvgIpc) is 3.16. The van der Waals surface area contributed by atoms with Crippen molar-refractivity contribution in [3.05, 3.63) is 77.9 Å². The highest BCUT2D eigenvalue weighted by Crippen LogP contribution is 2.31. The minimum Gasteiger partial charge on any atom is -0.493 e. The number of hydrogen-bond donors (Lipinski definition) is 1. The summed E-state index contributed by atoms with van der Waals surface area (Å²) in [5, 5.41) is 3.12. The number of hydrogen-bond acceptors (Lipinski definition) is 4. The maximum Gasteiger partial charge on any atom is 0.221 e. The molecule has 1 aromatic heterocycles. The fourth-order valence-corrected chi connectivity index (χ4v) is 3.12. The highest BCUT2D eigenvalue weighted by Gasteiger charge is 2.22. The molecule has 6 nitrogen and oxygen atoms in total. The average molecular weight is 379 g/mol. The summed E-state index contributed by atoms with van der Waals surface area (Å²) >= 11 is 0. The molecule has 3 rings (SSSR count). The first kappa shape index (κ1) is 19.5. The van der Waals surface area contributed by atoms with Crippen LogP contribution in [0.2, 0.25) is 0 Å². The van der Waals surface area contributed by atoms with Crippen LogP contribution >= 0.6 is 0 Å². The van der Waals surface area contributed by atoms with Crippen molar-refractivity contribution in [3.8, 4) is 11.5 Å². The number of carbonyl (C=O) groups is 1. The number of imidazole rings is 1. The topological polar surface area (TPSA) is 65.4 Å². The van der Waals surface area contributed by atoms with Crippen molar-refractivity contribution in [2.75, 3.05) is 14.2 Å². The number of benzene rings is 2. The van der Waals surface area contributed by atoms with Crippen LogP contribution in [0.3, 0.4) is 0 Å². The molecule has 1 amide bonds. The van der Waals surface area contributed by atoms with Crippen LogP contribution in [0.15, 0.2) is 60.9 Å². The first-order chi connectivity index (χ1) is 13.6. The summed E-state index contributed by atoms with van der Waals surface area (Å²) in [4.78, 5) is 17.1. The summed E-state index contributed by atoms with van der Waals surface area (Å²) in [5.41, 5.74) is 2.01. The minimum absolute atomic E-state index is 0.0355. The van der Waals surface area contributed by atoms with Crippen LogP contribution in [0, 0.1) is 0 Å². The largest absolute Gasteiger partial charge is 0.493 e. The molecular formula is C22H25N3O3. The predicted molar refractivity (Wildman–Crippen MR) is 108 cm³/mol. The van der Waals surface area contributed by atoms with Gasteiger partial charge in [0, 0.05) is 25.9 Å². The van der Waals surface area contributed by atoms with Gasteiger partial charge in [-0.2, -0.15) is 0 Å². The van der Waals surface area contributed by atoms with Gasteiger partial charge >= 0.3 is 0 Å². The molecule has 2 aromatic carbocycles. The van der Waals surface area contributed by atoms with Gasteiger partial charge in [0.25, 0.3) is 0 Å². The van der Waals surface area contributed by atoms with E-state index in [4.69, 9.17) is 9.47 Å². The zero-order chi connectivity index (χ0) is 19.9. The van der Waals surface area contributed by atoms with E-state index in [1.165, 1.54) is 0 Å². The normalized spacial score (nSPS) is 11.7. The van der Waals surface area contributed by atoms with Gasteiger partial charge in [-0.05, 0) is 29.7 Å². The van der Waals surface area contributed by atoms with Crippen LogP contribution < -0.4 is 14.8 Å². The van der Waals surface area contributed by atoms with Crippen LogP contribution in [-0.4, -0.2) is 29.7 Å². The number of aryl methyl sites for hydroxylation is 2. The van der Waals surface area contributed by atoms with Crippen molar-refractivity contribution in [1.29, 1.82) is 0 Å². The van der Waals surface area contributed by atoms with E-state index in [1.807, 2.05) is 66.3 Å². The molecule has 0 fully saturated rings. The summed E-state index contributed by atoms with van der Waals surface area (Å²) < 4.78 is 12.6. The van der Waals surface area contributed by atoms with Crippen LogP contribution in [0.5, 0.6) is 11.5 Å². The van der Waals surface area contributed by atoms with Gasteiger partial charge in [0.15, 0.2) is 11.5 Å². The Balaban J connectivity index is 1.82. The molecule has 1 heterocycles. The SMILES string of the molecule is COc1ccc([C@H](NC(=O)CCc2ccccc2)c2nccn2C)cc1OC. The standard InChI is InChI=1S/C22H25N3O3/c1-25-14-13-23-22(25)21(17-10-11-18(27-2)19(15-17)28-3)24-20(26)12-9-16-7-5-4-6-8-16/h4-8,10-11,13-15,21H,9,12H2,1-3H3,(H,24,26)/t21-/m0/s1. The van der Waals surface area contributed by atoms with Gasteiger partial charge in [-0.25, -0.2) is 4.98 Å². The second-order valence-corrected chi connectivity index (χ2v) is 6.50. The van der Waals surface area contributed by atoms with Crippen molar-refractivity contribution < 1.29 is 14.3 Å². The number of carbonyl (C=O) groups excluding carboxylic acids is 1. The monoisotopic (exact) mass is 379 g/mol. The number of nitrogens with one attached hydrogen (secondary N) is 1. The number of methoxy groups -OCH3 is 2. The maximum atomic E-state index is 12.7. The number of amides is 1. The third-order valence-corrected chi connectivity index (χ3v) is 4.65. The molecule has 0 unspecified atom stereocenters. The van der Waals surface area contributed by atoms with E-state index in [-0.39, 0.29) is 11.9 Å². The van der Waals surface area contributed by atoms with Crippen molar-refractivity contribution in [1.82, 2.24) is 14.9 Å². The van der Waals surface area contributed by atoms with Gasteiger partial charge < -0.3 is 19.4 Å². The molecule has 146 valence electrons. The molecule has 0 spiro atoms. The Labute approximate surface area is 165 Å². The number of rotatable bonds is 8. The first-order valence-electron chi connectivity index (χ1n) is 9.14. The Hall–Kier alpha value is -3.28. The van der Waals surface area contributed by atoms with Crippen molar-refractivity contribution >= 4 is 5.91 Å². The zero-order valence-electron chi connectivity index (χ0n) is 16.4. The first-order valence-corrected chi connectivity index (χ1v) is 9.14. The molecule has 0 saturated heterocycles. The van der Waals surface area contributed by atoms with Crippen LogP contribution in [-0.2, 0) is 18.3 Å². The summed E-state index contributed by atoms with van der Waals surface area (Å²) in [5.74, 6) is 1.96. The molecule has 0 aliphatic rings. The van der Waals surface area contributed by atoms with Crippen molar-refractivity contribution in [3.63, 3.8) is 0 Å². The molecule has 0 bridgehead atoms. The third-order valence-electron chi connectivity index (χ3n) is 4.65. The van der Waals surface area contributed by atoms with Crippen LogP contribution in [0.1, 0.15) is 29.4 Å². The van der Waals surface area contributed by atoms with E-state index in [2.05, 4.69) is 10.3 Å². The van der Waals surface area contributed by atoms with Gasteiger partial charge in [-0.3, -0.25) is 4.79 Å². The van der Waals surface area contributed by atoms with Crippen molar-refractivity contribution in [2.45, 2.75) is 18.9 Å². The Kier molecular flexibility index (Phi) is 6.32. The fourth-order valence-electron chi connectivity index (χ4n) is 3.12. The third kappa shape index (κ3) is 4.52. The Morgan fingerprint density at radius 3 is 2.50 bits per heavy atom. The fraction of sp³-hybridized carbons (Fsp3) is 0.273. The molecule has 0 aliphatic heterocycles. The van der Waals surface area contributed by atoms with E-state index in [0.29, 0.717) is 24.3 Å². The molecular weight excluding hydrogens is 354 g/mol. The molecule has 1 atom stereocenters. The van der Waals surface area contributed by atoms with E-state index in [9.17, 15) is 4.79 Å². The Morgan fingerprint density at radius 2 is 1.86 bits per heavy atom. The second-order valence-electron chi connectivity index (χ2n) is 6.50. The molecule has 3 aromatic rings. The Bertz CT molecular complexity index is 922. The lowest BCUT2D eigenvalue weighted by Gasteiger charge is -2.20. The molecule has 0 radical (unpaired) electrons. The minimum atomic E-state index is -0.386. The predicted octanol–water partition coefficient (Wildman–Crippen LogP) is 3.28. The second kappa shape index (κ2) is 9.08. The van der Waals surface area contributed by atoms with E-state index in [1.54, 1.807) is 20.4 Å². The van der Waals surface area contributed by atoms with E-state index in [0.717, 1.165) is 17.0 Å². The summed E-state index contributed by atoms with van der Waals surface area (Å²) in [6.07, 6.45) is 4.67. The van der Waals surface area contributed by atoms with Gasteiger partial charge in [-0.15, -0.1) is 0 Å². The van der Waals surface area contributed by atoms with E-state index < -0.39 is 0 Å². The quantitative estimate of drug-likeness (QED) is 0.652. The lowest BCUT2D eigenvalue weighted by atomic mass is 10.0. The summed E-state index contributed by atoms with van der Waals surface area (Å²) in [6, 6.07) is 15.2. The maximum absolute atomic E-state index is 12.7. The molecule has 1 N–H and O–H groups in total. The smallest absolute Gasteiger partial charge is 0.221 e. The van der Waals surface area contributed by atoms with Crippen molar-refractivity contribution in [2.24, 2.45) is 7.05 Å². The van der Waals surface area contributed by atoms with Gasteiger partial charge in [0.05, 0.1) is 14.2 Å². The lowest BCUT2D eigenvalue weighted by Crippen LogP contribution is -2.31. The molecule has 0 aliphatic carbocycles. The molecule has 28 heavy (non-hydrogen) atoms.